The Kier molecular flexibility index (Phi) is 5.02. The van der Waals surface area contributed by atoms with E-state index in [4.69, 9.17) is 9.15 Å². The minimum Gasteiger partial charge on any atom is -0.497 e. The summed E-state index contributed by atoms with van der Waals surface area (Å²) in [5.41, 5.74) is 1.85. The van der Waals surface area contributed by atoms with E-state index < -0.39 is 5.91 Å². The van der Waals surface area contributed by atoms with Gasteiger partial charge in [-0.25, -0.2) is 0 Å². The molecule has 2 aromatic carbocycles. The van der Waals surface area contributed by atoms with E-state index in [-0.39, 0.29) is 11.2 Å². The second-order valence-electron chi connectivity index (χ2n) is 6.89. The first-order chi connectivity index (χ1) is 13.6. The van der Waals surface area contributed by atoms with Gasteiger partial charge in [0.25, 0.3) is 5.91 Å². The van der Waals surface area contributed by atoms with Gasteiger partial charge in [-0.05, 0) is 55.7 Å². The molecule has 0 unspecified atom stereocenters. The molecule has 1 fully saturated rings. The predicted octanol–water partition coefficient (Wildman–Crippen LogP) is 4.04. The van der Waals surface area contributed by atoms with Crippen molar-refractivity contribution in [3.05, 3.63) is 64.5 Å². The molecule has 1 amide bonds. The normalized spacial score (nSPS) is 14.1. The van der Waals surface area contributed by atoms with Crippen LogP contribution in [-0.4, -0.2) is 26.1 Å². The highest BCUT2D eigenvalue weighted by molar-refractivity contribution is 6.03. The molecular weight excluding hydrogens is 356 g/mol. The smallest absolute Gasteiger partial charge is 0.291 e. The van der Waals surface area contributed by atoms with Gasteiger partial charge in [0, 0.05) is 36.6 Å². The molecule has 0 spiro atoms. The molecule has 0 atom stereocenters. The van der Waals surface area contributed by atoms with Crippen molar-refractivity contribution >= 4 is 28.3 Å². The molecule has 0 radical (unpaired) electrons. The predicted molar refractivity (Wildman–Crippen MR) is 109 cm³/mol. The third-order valence-corrected chi connectivity index (χ3v) is 5.01. The zero-order valence-corrected chi connectivity index (χ0v) is 15.7. The minimum absolute atomic E-state index is 0.0362. The third kappa shape index (κ3) is 3.71. The summed E-state index contributed by atoms with van der Waals surface area (Å²) in [6.07, 6.45) is 3.71. The number of rotatable bonds is 4. The molecule has 6 heteroatoms. The second kappa shape index (κ2) is 7.76. The molecular formula is C22H22N2O4. The molecule has 1 aliphatic heterocycles. The molecule has 0 saturated carbocycles. The molecule has 144 valence electrons. The standard InChI is InChI=1S/C22H22N2O4/c1-27-17-9-10-18-19(25)14-21(28-20(18)13-17)22(26)23-15-5-7-16(8-6-15)24-11-3-2-4-12-24/h5-10,13-14H,2-4,11-12H2,1H3,(H,23,26). The van der Waals surface area contributed by atoms with Crippen LogP contribution in [0.3, 0.4) is 0 Å². The molecule has 28 heavy (non-hydrogen) atoms. The van der Waals surface area contributed by atoms with Crippen molar-refractivity contribution in [1.29, 1.82) is 0 Å². The lowest BCUT2D eigenvalue weighted by molar-refractivity contribution is 0.0997. The van der Waals surface area contributed by atoms with E-state index in [0.29, 0.717) is 22.4 Å². The number of carbonyl (C=O) groups excluding carboxylic acids is 1. The monoisotopic (exact) mass is 378 g/mol. The molecule has 3 aromatic rings. The molecule has 0 aliphatic carbocycles. The zero-order chi connectivity index (χ0) is 19.5. The van der Waals surface area contributed by atoms with E-state index in [0.717, 1.165) is 18.8 Å². The van der Waals surface area contributed by atoms with Crippen LogP contribution in [0.4, 0.5) is 11.4 Å². The lowest BCUT2D eigenvalue weighted by Crippen LogP contribution is -2.29. The number of anilines is 2. The molecule has 2 heterocycles. The number of amides is 1. The molecule has 1 saturated heterocycles. The number of methoxy groups -OCH3 is 1. The van der Waals surface area contributed by atoms with Gasteiger partial charge in [0.05, 0.1) is 12.5 Å². The maximum absolute atomic E-state index is 12.6. The maximum atomic E-state index is 12.6. The number of hydrogen-bond donors (Lipinski definition) is 1. The van der Waals surface area contributed by atoms with Crippen molar-refractivity contribution in [3.63, 3.8) is 0 Å². The number of piperidine rings is 1. The average molecular weight is 378 g/mol. The van der Waals surface area contributed by atoms with Gasteiger partial charge >= 0.3 is 0 Å². The van der Waals surface area contributed by atoms with E-state index in [1.807, 2.05) is 24.3 Å². The number of carbonyl (C=O) groups is 1. The van der Waals surface area contributed by atoms with Gasteiger partial charge in [-0.1, -0.05) is 0 Å². The van der Waals surface area contributed by atoms with Crippen LogP contribution in [0.2, 0.25) is 0 Å². The van der Waals surface area contributed by atoms with Gasteiger partial charge in [-0.15, -0.1) is 0 Å². The first-order valence-electron chi connectivity index (χ1n) is 9.42. The van der Waals surface area contributed by atoms with Crippen LogP contribution in [0.1, 0.15) is 29.8 Å². The van der Waals surface area contributed by atoms with Crippen molar-refractivity contribution in [3.8, 4) is 5.75 Å². The molecule has 0 bridgehead atoms. The van der Waals surface area contributed by atoms with Gasteiger partial charge in [-0.2, -0.15) is 0 Å². The average Bonchev–Trinajstić information content (AvgIpc) is 2.74. The summed E-state index contributed by atoms with van der Waals surface area (Å²) in [6.45, 7) is 2.13. The van der Waals surface area contributed by atoms with Gasteiger partial charge < -0.3 is 19.4 Å². The fraction of sp³-hybridized carbons (Fsp3) is 0.273. The zero-order valence-electron chi connectivity index (χ0n) is 15.7. The van der Waals surface area contributed by atoms with Gasteiger partial charge in [0.2, 0.25) is 0 Å². The maximum Gasteiger partial charge on any atom is 0.291 e. The van der Waals surface area contributed by atoms with Gasteiger partial charge in [-0.3, -0.25) is 9.59 Å². The van der Waals surface area contributed by atoms with Gasteiger partial charge in [0.1, 0.15) is 11.3 Å². The third-order valence-electron chi connectivity index (χ3n) is 5.01. The lowest BCUT2D eigenvalue weighted by Gasteiger charge is -2.28. The Morgan fingerprint density at radius 2 is 1.79 bits per heavy atom. The Morgan fingerprint density at radius 3 is 2.50 bits per heavy atom. The summed E-state index contributed by atoms with van der Waals surface area (Å²) in [4.78, 5) is 27.2. The first-order valence-corrected chi connectivity index (χ1v) is 9.42. The Balaban J connectivity index is 1.53. The summed E-state index contributed by atoms with van der Waals surface area (Å²) in [5.74, 6) is 0.0555. The number of ether oxygens (including phenoxy) is 1. The summed E-state index contributed by atoms with van der Waals surface area (Å²) >= 11 is 0. The van der Waals surface area contributed by atoms with Crippen molar-refractivity contribution in [2.45, 2.75) is 19.3 Å². The highest BCUT2D eigenvalue weighted by Gasteiger charge is 2.14. The summed E-state index contributed by atoms with van der Waals surface area (Å²) in [5, 5.41) is 3.19. The molecule has 1 aromatic heterocycles. The molecule has 4 rings (SSSR count). The van der Waals surface area contributed by atoms with E-state index in [9.17, 15) is 9.59 Å². The van der Waals surface area contributed by atoms with Crippen molar-refractivity contribution in [1.82, 2.24) is 0 Å². The van der Waals surface area contributed by atoms with E-state index >= 15 is 0 Å². The Morgan fingerprint density at radius 1 is 1.04 bits per heavy atom. The quantitative estimate of drug-likeness (QED) is 0.742. The van der Waals surface area contributed by atoms with Crippen LogP contribution >= 0.6 is 0 Å². The number of fused-ring (bicyclic) bond motifs is 1. The van der Waals surface area contributed by atoms with Crippen LogP contribution in [0, 0.1) is 0 Å². The van der Waals surface area contributed by atoms with E-state index in [2.05, 4.69) is 10.2 Å². The number of hydrogen-bond acceptors (Lipinski definition) is 5. The largest absolute Gasteiger partial charge is 0.497 e. The SMILES string of the molecule is COc1ccc2c(=O)cc(C(=O)Nc3ccc(N4CCCCC4)cc3)oc2c1. The van der Waals surface area contributed by atoms with Crippen LogP contribution in [0.15, 0.2) is 57.7 Å². The Labute approximate surface area is 162 Å². The lowest BCUT2D eigenvalue weighted by atomic mass is 10.1. The Hall–Kier alpha value is -3.28. The molecule has 6 nitrogen and oxygen atoms in total. The van der Waals surface area contributed by atoms with Crippen molar-refractivity contribution in [2.24, 2.45) is 0 Å². The highest BCUT2D eigenvalue weighted by Crippen LogP contribution is 2.23. The summed E-state index contributed by atoms with van der Waals surface area (Å²) in [6, 6.07) is 13.9. The van der Waals surface area contributed by atoms with Crippen LogP contribution in [0.5, 0.6) is 5.75 Å². The summed E-state index contributed by atoms with van der Waals surface area (Å²) < 4.78 is 10.8. The number of nitrogens with one attached hydrogen (secondary N) is 1. The molecule has 1 aliphatic rings. The van der Waals surface area contributed by atoms with Crippen molar-refractivity contribution < 1.29 is 13.9 Å². The van der Waals surface area contributed by atoms with Crippen LogP contribution < -0.4 is 20.4 Å². The van der Waals surface area contributed by atoms with Crippen LogP contribution in [-0.2, 0) is 0 Å². The Bertz CT molecular complexity index is 1050. The van der Waals surface area contributed by atoms with Crippen LogP contribution in [0.25, 0.3) is 11.0 Å². The summed E-state index contributed by atoms with van der Waals surface area (Å²) in [7, 11) is 1.53. The number of nitrogens with zero attached hydrogens (tertiary/aromatic N) is 1. The fourth-order valence-electron chi connectivity index (χ4n) is 3.47. The fourth-order valence-corrected chi connectivity index (χ4v) is 3.47. The van der Waals surface area contributed by atoms with E-state index in [1.54, 1.807) is 18.2 Å². The van der Waals surface area contributed by atoms with Gasteiger partial charge in [0.15, 0.2) is 11.2 Å². The highest BCUT2D eigenvalue weighted by atomic mass is 16.5. The number of benzene rings is 2. The van der Waals surface area contributed by atoms with E-state index in [1.165, 1.54) is 32.4 Å². The van der Waals surface area contributed by atoms with Crippen molar-refractivity contribution in [2.75, 3.05) is 30.4 Å². The molecule has 1 N–H and O–H groups in total. The first kappa shape index (κ1) is 18.1. The topological polar surface area (TPSA) is 71.8 Å². The minimum atomic E-state index is -0.465. The second-order valence-corrected chi connectivity index (χ2v) is 6.89.